The van der Waals surface area contributed by atoms with E-state index in [0.717, 1.165) is 24.6 Å². The van der Waals surface area contributed by atoms with Gasteiger partial charge in [0, 0.05) is 32.2 Å². The summed E-state index contributed by atoms with van der Waals surface area (Å²) < 4.78 is 21.2. The van der Waals surface area contributed by atoms with Crippen molar-refractivity contribution in [2.45, 2.75) is 50.6 Å². The summed E-state index contributed by atoms with van der Waals surface area (Å²) in [6.07, 6.45) is 8.68. The Morgan fingerprint density at radius 3 is 2.50 bits per heavy atom. The Balaban J connectivity index is 1.07. The van der Waals surface area contributed by atoms with Gasteiger partial charge in [-0.2, -0.15) is 0 Å². The van der Waals surface area contributed by atoms with E-state index in [4.69, 9.17) is 21.6 Å². The van der Waals surface area contributed by atoms with E-state index in [0.29, 0.717) is 31.6 Å². The van der Waals surface area contributed by atoms with E-state index >= 15 is 0 Å². The third kappa shape index (κ3) is 7.55. The molecule has 1 atom stereocenters. The maximum absolute atomic E-state index is 14.7. The predicted molar refractivity (Wildman–Crippen MR) is 173 cm³/mol. The fourth-order valence-electron chi connectivity index (χ4n) is 6.70. The van der Waals surface area contributed by atoms with Gasteiger partial charge in [0.15, 0.2) is 0 Å². The van der Waals surface area contributed by atoms with Gasteiger partial charge in [-0.1, -0.05) is 0 Å². The Kier molecular flexibility index (Phi) is 10.4. The number of hydrogen-bond donors (Lipinski definition) is 1. The topological polar surface area (TPSA) is 80.5 Å². The van der Waals surface area contributed by atoms with Crippen LogP contribution in [0.4, 0.5) is 16.0 Å². The van der Waals surface area contributed by atoms with Crippen molar-refractivity contribution in [3.8, 4) is 11.8 Å². The van der Waals surface area contributed by atoms with E-state index in [2.05, 4.69) is 55.2 Å². The van der Waals surface area contributed by atoms with Crippen LogP contribution in [0.5, 0.6) is 5.75 Å². The number of hydrogen-bond acceptors (Lipinski definition) is 8. The molecular weight excluding hydrogens is 640 g/mol. The normalized spacial score (nSPS) is 20.7. The average molecular weight is 679 g/mol. The van der Waals surface area contributed by atoms with Crippen molar-refractivity contribution < 1.29 is 9.13 Å². The van der Waals surface area contributed by atoms with Crippen LogP contribution in [0.1, 0.15) is 36.8 Å². The molecule has 2 saturated heterocycles. The summed E-state index contributed by atoms with van der Waals surface area (Å²) in [5, 5.41) is 12.6. The number of aryl methyl sites for hydroxylation is 2. The molecule has 2 aromatic carbocycles. The van der Waals surface area contributed by atoms with Crippen LogP contribution < -0.4 is 18.9 Å². The molecule has 231 valence electrons. The first-order valence-corrected chi connectivity index (χ1v) is 17.8. The van der Waals surface area contributed by atoms with Crippen molar-refractivity contribution in [3.05, 3.63) is 64.6 Å². The van der Waals surface area contributed by atoms with Gasteiger partial charge in [-0.25, -0.2) is 0 Å². The molecule has 2 aliphatic heterocycles. The molecule has 1 radical (unpaired) electrons. The van der Waals surface area contributed by atoms with Gasteiger partial charge in [0.2, 0.25) is 0 Å². The van der Waals surface area contributed by atoms with Gasteiger partial charge >= 0.3 is 210 Å². The summed E-state index contributed by atoms with van der Waals surface area (Å²) in [4.78, 5) is 17.0. The number of nitrogens with one attached hydrogen (secondary N) is 1. The van der Waals surface area contributed by atoms with E-state index in [9.17, 15) is 4.39 Å². The SMILES string of the molecule is CN1CCN(C2CCN(C3CCc4ccc(Nc5ncc(Cl)c([As]c6c(F)cccc6OCC#N)n5)cc4CC3)CC2)CC1. The minimum atomic E-state index is -0.940. The second kappa shape index (κ2) is 14.6. The molecule has 6 rings (SSSR count). The number of aromatic nitrogens is 2. The van der Waals surface area contributed by atoms with E-state index in [1.54, 1.807) is 18.3 Å². The second-order valence-electron chi connectivity index (χ2n) is 12.0. The summed E-state index contributed by atoms with van der Waals surface area (Å²) in [7, 11) is 2.23. The fraction of sp³-hybridized carbons (Fsp3) is 0.485. The number of anilines is 2. The first-order chi connectivity index (χ1) is 21.5. The van der Waals surface area contributed by atoms with Gasteiger partial charge < -0.3 is 4.90 Å². The summed E-state index contributed by atoms with van der Waals surface area (Å²) in [5.74, 6) is 0.373. The van der Waals surface area contributed by atoms with Crippen molar-refractivity contribution in [1.82, 2.24) is 24.7 Å². The Bertz CT molecular complexity index is 1490. The molecule has 2 fully saturated rings. The molecule has 8 nitrogen and oxygen atoms in total. The van der Waals surface area contributed by atoms with Crippen LogP contribution in [0.3, 0.4) is 0 Å². The van der Waals surface area contributed by atoms with Crippen LogP contribution in [0.15, 0.2) is 42.6 Å². The van der Waals surface area contributed by atoms with Crippen LogP contribution in [-0.2, 0) is 12.8 Å². The molecule has 3 aromatic rings. The number of piperidine rings is 1. The number of piperazine rings is 1. The molecule has 1 N–H and O–H groups in total. The first kappa shape index (κ1) is 31.3. The van der Waals surface area contributed by atoms with E-state index in [1.165, 1.54) is 82.1 Å². The number of likely N-dealkylation sites (N-methyl/N-ethyl adjacent to an activating group) is 1. The summed E-state index contributed by atoms with van der Waals surface area (Å²) in [6.45, 7) is 7.08. The third-order valence-corrected chi connectivity index (χ3v) is 12.3. The van der Waals surface area contributed by atoms with Crippen LogP contribution >= 0.6 is 11.6 Å². The maximum atomic E-state index is 14.7. The molecule has 0 spiro atoms. The van der Waals surface area contributed by atoms with Crippen molar-refractivity contribution in [3.63, 3.8) is 0 Å². The molecular formula is C33H39AsClFN7O. The van der Waals surface area contributed by atoms with Gasteiger partial charge in [-0.3, -0.25) is 4.90 Å². The summed E-state index contributed by atoms with van der Waals surface area (Å²) in [6, 6.07) is 14.5. The zero-order valence-corrected chi connectivity index (χ0v) is 27.8. The van der Waals surface area contributed by atoms with Gasteiger partial charge in [-0.05, 0) is 19.9 Å². The second-order valence-corrected chi connectivity index (χ2v) is 14.7. The summed E-state index contributed by atoms with van der Waals surface area (Å²) >= 11 is 5.51. The molecule has 0 saturated carbocycles. The summed E-state index contributed by atoms with van der Waals surface area (Å²) in [5.41, 5.74) is 3.75. The van der Waals surface area contributed by atoms with Gasteiger partial charge in [0.25, 0.3) is 0 Å². The quantitative estimate of drug-likeness (QED) is 0.287. The van der Waals surface area contributed by atoms with Gasteiger partial charge in [0.05, 0.1) is 0 Å². The fourth-order valence-corrected chi connectivity index (χ4v) is 9.01. The number of benzene rings is 2. The average Bonchev–Trinajstić information content (AvgIpc) is 3.26. The van der Waals surface area contributed by atoms with Crippen LogP contribution in [0.25, 0.3) is 0 Å². The first-order valence-electron chi connectivity index (χ1n) is 15.5. The Morgan fingerprint density at radius 1 is 1.00 bits per heavy atom. The minimum Gasteiger partial charge on any atom is -0.0246 e. The Hall–Kier alpha value is -2.73. The molecule has 1 unspecified atom stereocenters. The molecule has 3 heterocycles. The zero-order chi connectivity index (χ0) is 30.5. The molecule has 3 aliphatic rings. The number of ether oxygens (including phenoxy) is 1. The van der Waals surface area contributed by atoms with Crippen molar-refractivity contribution in [2.24, 2.45) is 0 Å². The van der Waals surface area contributed by atoms with Crippen LogP contribution in [-0.4, -0.2) is 105 Å². The number of nitrogens with zero attached hydrogens (tertiary/aromatic N) is 6. The van der Waals surface area contributed by atoms with E-state index in [1.807, 2.05) is 6.07 Å². The number of halogens is 2. The van der Waals surface area contributed by atoms with Gasteiger partial charge in [-0.15, -0.1) is 0 Å². The van der Waals surface area contributed by atoms with Crippen molar-refractivity contribution in [2.75, 3.05) is 58.2 Å². The molecule has 0 amide bonds. The molecule has 0 bridgehead atoms. The van der Waals surface area contributed by atoms with E-state index < -0.39 is 21.6 Å². The number of likely N-dealkylation sites (tertiary alicyclic amines) is 1. The predicted octanol–water partition coefficient (Wildman–Crippen LogP) is 3.53. The number of fused-ring (bicyclic) bond motifs is 1. The standard InChI is InChI=1S/C33H39AsClFN7O/c1-41-16-18-43(19-17-41)27-11-14-42(15-12-27)26-9-6-23-5-8-25(21-24(23)7-10-26)39-33-38-22-28(35)32(40-33)34-31-29(36)3-2-4-30(31)44-20-13-37/h2-5,8,21-22,26-27H,6-7,9-12,14-20H2,1H3,(H,38,39,40). The Labute approximate surface area is 271 Å². The third-order valence-electron chi connectivity index (χ3n) is 9.21. The molecule has 11 heteroatoms. The van der Waals surface area contributed by atoms with Crippen LogP contribution in [0, 0.1) is 17.1 Å². The Morgan fingerprint density at radius 2 is 1.73 bits per heavy atom. The van der Waals surface area contributed by atoms with Gasteiger partial charge in [0.1, 0.15) is 0 Å². The molecule has 44 heavy (non-hydrogen) atoms. The van der Waals surface area contributed by atoms with Crippen LogP contribution in [0.2, 0.25) is 5.02 Å². The smallest absolute Gasteiger partial charge is 0.0246 e. The number of nitriles is 1. The minimum absolute atomic E-state index is 0.156. The zero-order valence-electron chi connectivity index (χ0n) is 25.2. The number of rotatable bonds is 8. The molecule has 1 aromatic heterocycles. The van der Waals surface area contributed by atoms with E-state index in [-0.39, 0.29) is 6.61 Å². The van der Waals surface area contributed by atoms with Crippen molar-refractivity contribution in [1.29, 1.82) is 5.26 Å². The monoisotopic (exact) mass is 678 g/mol. The molecule has 1 aliphatic carbocycles. The van der Waals surface area contributed by atoms with Crippen molar-refractivity contribution >= 4 is 47.8 Å².